The Balaban J connectivity index is 2.01. The van der Waals surface area contributed by atoms with Crippen molar-refractivity contribution in [3.63, 3.8) is 0 Å². The zero-order valence-electron chi connectivity index (χ0n) is 10.1. The number of hydrogen-bond donors (Lipinski definition) is 1. The average Bonchev–Trinajstić information content (AvgIpc) is 2.95. The summed E-state index contributed by atoms with van der Waals surface area (Å²) in [6, 6.07) is 0. The molecular formula is C11H15N3O3S. The van der Waals surface area contributed by atoms with Crippen molar-refractivity contribution in [3.05, 3.63) is 10.6 Å². The third-order valence-electron chi connectivity index (χ3n) is 3.12. The van der Waals surface area contributed by atoms with E-state index in [1.54, 1.807) is 4.90 Å². The molecule has 0 bridgehead atoms. The molecule has 7 heteroatoms. The second kappa shape index (κ2) is 5.43. The van der Waals surface area contributed by atoms with Crippen molar-refractivity contribution in [1.82, 2.24) is 14.5 Å². The number of aliphatic carboxylic acids is 1. The first-order valence-electron chi connectivity index (χ1n) is 5.94. The summed E-state index contributed by atoms with van der Waals surface area (Å²) in [5.74, 6) is -0.796. The molecule has 98 valence electrons. The minimum Gasteiger partial charge on any atom is -0.481 e. The number of carbonyl (C=O) groups excluding carboxylic acids is 1. The highest BCUT2D eigenvalue weighted by Gasteiger charge is 2.30. The van der Waals surface area contributed by atoms with Crippen molar-refractivity contribution in [2.24, 2.45) is 5.92 Å². The van der Waals surface area contributed by atoms with E-state index < -0.39 is 5.97 Å². The highest BCUT2D eigenvalue weighted by molar-refractivity contribution is 7.08. The van der Waals surface area contributed by atoms with E-state index in [0.717, 1.165) is 23.6 Å². The van der Waals surface area contributed by atoms with E-state index >= 15 is 0 Å². The molecule has 1 aliphatic rings. The zero-order chi connectivity index (χ0) is 13.1. The van der Waals surface area contributed by atoms with Gasteiger partial charge in [0.1, 0.15) is 4.88 Å². The van der Waals surface area contributed by atoms with Crippen molar-refractivity contribution >= 4 is 23.4 Å². The van der Waals surface area contributed by atoms with Gasteiger partial charge in [-0.3, -0.25) is 9.59 Å². The minimum absolute atomic E-state index is 0.0604. The summed E-state index contributed by atoms with van der Waals surface area (Å²) in [4.78, 5) is 25.2. The average molecular weight is 269 g/mol. The molecule has 6 nitrogen and oxygen atoms in total. The number of likely N-dealkylation sites (tertiary alicyclic amines) is 1. The fraction of sp³-hybridized carbons (Fsp3) is 0.636. The van der Waals surface area contributed by atoms with Crippen LogP contribution < -0.4 is 0 Å². The lowest BCUT2D eigenvalue weighted by molar-refractivity contribution is -0.138. The highest BCUT2D eigenvalue weighted by atomic mass is 32.1. The number of aryl methyl sites for hydroxylation is 1. The molecule has 1 amide bonds. The third kappa shape index (κ3) is 2.66. The summed E-state index contributed by atoms with van der Waals surface area (Å²) in [5.41, 5.74) is 0.728. The fourth-order valence-electron chi connectivity index (χ4n) is 2.18. The number of nitrogens with zero attached hydrogens (tertiary/aromatic N) is 3. The summed E-state index contributed by atoms with van der Waals surface area (Å²) in [6.07, 6.45) is 1.57. The number of carboxylic acids is 1. The number of amides is 1. The molecule has 1 atom stereocenters. The molecule has 0 spiro atoms. The summed E-state index contributed by atoms with van der Waals surface area (Å²) in [5, 5.41) is 12.7. The molecule has 1 saturated heterocycles. The number of carboxylic acid groups (broad SMARTS) is 1. The SMILES string of the molecule is CCc1nnsc1C(=O)N1CCC(CC(=O)O)C1. The van der Waals surface area contributed by atoms with Gasteiger partial charge in [0.2, 0.25) is 0 Å². The van der Waals surface area contributed by atoms with Crippen LogP contribution in [0.25, 0.3) is 0 Å². The van der Waals surface area contributed by atoms with Crippen LogP contribution in [0.15, 0.2) is 0 Å². The Morgan fingerprint density at radius 3 is 3.00 bits per heavy atom. The Hall–Kier alpha value is -1.50. The van der Waals surface area contributed by atoms with Crippen LogP contribution in [0.4, 0.5) is 0 Å². The van der Waals surface area contributed by atoms with Crippen LogP contribution in [0.2, 0.25) is 0 Å². The van der Waals surface area contributed by atoms with Crippen LogP contribution in [-0.4, -0.2) is 44.6 Å². The van der Waals surface area contributed by atoms with Crippen LogP contribution >= 0.6 is 11.5 Å². The molecule has 0 aliphatic carbocycles. The number of carbonyl (C=O) groups is 2. The maximum absolute atomic E-state index is 12.2. The maximum Gasteiger partial charge on any atom is 0.303 e. The summed E-state index contributed by atoms with van der Waals surface area (Å²) in [7, 11) is 0. The van der Waals surface area contributed by atoms with Gasteiger partial charge in [0, 0.05) is 19.5 Å². The zero-order valence-corrected chi connectivity index (χ0v) is 10.9. The Labute approximate surface area is 109 Å². The Morgan fingerprint density at radius 1 is 1.56 bits per heavy atom. The molecule has 1 N–H and O–H groups in total. The van der Waals surface area contributed by atoms with Crippen LogP contribution in [0.3, 0.4) is 0 Å². The molecule has 0 radical (unpaired) electrons. The van der Waals surface area contributed by atoms with E-state index in [-0.39, 0.29) is 18.2 Å². The molecule has 1 aromatic rings. The van der Waals surface area contributed by atoms with Gasteiger partial charge in [0.25, 0.3) is 5.91 Å². The first-order valence-corrected chi connectivity index (χ1v) is 6.71. The molecule has 2 rings (SSSR count). The van der Waals surface area contributed by atoms with Gasteiger partial charge in [0.15, 0.2) is 0 Å². The smallest absolute Gasteiger partial charge is 0.303 e. The van der Waals surface area contributed by atoms with E-state index in [2.05, 4.69) is 9.59 Å². The molecule has 2 heterocycles. The Kier molecular flexibility index (Phi) is 3.90. The van der Waals surface area contributed by atoms with E-state index in [0.29, 0.717) is 24.4 Å². The predicted molar refractivity (Wildman–Crippen MR) is 65.6 cm³/mol. The topological polar surface area (TPSA) is 83.4 Å². The summed E-state index contributed by atoms with van der Waals surface area (Å²) >= 11 is 1.12. The second-order valence-electron chi connectivity index (χ2n) is 4.41. The van der Waals surface area contributed by atoms with Crippen LogP contribution in [-0.2, 0) is 11.2 Å². The van der Waals surface area contributed by atoms with Gasteiger partial charge in [-0.1, -0.05) is 11.4 Å². The van der Waals surface area contributed by atoms with Gasteiger partial charge < -0.3 is 10.0 Å². The Bertz CT molecular complexity index is 460. The van der Waals surface area contributed by atoms with E-state index in [4.69, 9.17) is 5.11 Å². The van der Waals surface area contributed by atoms with Crippen LogP contribution in [0.5, 0.6) is 0 Å². The quantitative estimate of drug-likeness (QED) is 0.883. The molecule has 0 saturated carbocycles. The van der Waals surface area contributed by atoms with Gasteiger partial charge >= 0.3 is 5.97 Å². The molecule has 1 aliphatic heterocycles. The van der Waals surface area contributed by atoms with Crippen molar-refractivity contribution in [2.45, 2.75) is 26.2 Å². The molecule has 1 unspecified atom stereocenters. The number of aromatic nitrogens is 2. The van der Waals surface area contributed by atoms with E-state index in [1.165, 1.54) is 0 Å². The normalized spacial score (nSPS) is 19.2. The lowest BCUT2D eigenvalue weighted by atomic mass is 10.1. The predicted octanol–water partition coefficient (Wildman–Crippen LogP) is 1.04. The monoisotopic (exact) mass is 269 g/mol. The van der Waals surface area contributed by atoms with Crippen molar-refractivity contribution in [1.29, 1.82) is 0 Å². The van der Waals surface area contributed by atoms with Crippen LogP contribution in [0, 0.1) is 5.92 Å². The van der Waals surface area contributed by atoms with Gasteiger partial charge in [-0.2, -0.15) is 0 Å². The maximum atomic E-state index is 12.2. The van der Waals surface area contributed by atoms with Gasteiger partial charge in [-0.15, -0.1) is 5.10 Å². The van der Waals surface area contributed by atoms with E-state index in [1.807, 2.05) is 6.92 Å². The van der Waals surface area contributed by atoms with Gasteiger partial charge in [0.05, 0.1) is 5.69 Å². The number of rotatable bonds is 4. The van der Waals surface area contributed by atoms with Crippen molar-refractivity contribution < 1.29 is 14.7 Å². The van der Waals surface area contributed by atoms with Crippen molar-refractivity contribution in [3.8, 4) is 0 Å². The fourth-order valence-corrected chi connectivity index (χ4v) is 2.90. The molecule has 0 aromatic carbocycles. The molecular weight excluding hydrogens is 254 g/mol. The molecule has 18 heavy (non-hydrogen) atoms. The lowest BCUT2D eigenvalue weighted by Crippen LogP contribution is -2.29. The third-order valence-corrected chi connectivity index (χ3v) is 3.88. The summed E-state index contributed by atoms with van der Waals surface area (Å²) < 4.78 is 3.80. The molecule has 1 aromatic heterocycles. The summed E-state index contributed by atoms with van der Waals surface area (Å²) in [6.45, 7) is 3.08. The largest absolute Gasteiger partial charge is 0.481 e. The Morgan fingerprint density at radius 2 is 2.33 bits per heavy atom. The van der Waals surface area contributed by atoms with Crippen LogP contribution in [0.1, 0.15) is 35.1 Å². The minimum atomic E-state index is -0.803. The standard InChI is InChI=1S/C11H15N3O3S/c1-2-8-10(18-13-12-8)11(17)14-4-3-7(6-14)5-9(15)16/h7H,2-6H2,1H3,(H,15,16). The van der Waals surface area contributed by atoms with Crippen molar-refractivity contribution in [2.75, 3.05) is 13.1 Å². The first-order chi connectivity index (χ1) is 8.61. The highest BCUT2D eigenvalue weighted by Crippen LogP contribution is 2.23. The first kappa shape index (κ1) is 12.9. The lowest BCUT2D eigenvalue weighted by Gasteiger charge is -2.15. The van der Waals surface area contributed by atoms with Gasteiger partial charge in [-0.05, 0) is 30.3 Å². The second-order valence-corrected chi connectivity index (χ2v) is 5.16. The number of hydrogen-bond acceptors (Lipinski definition) is 5. The molecule has 1 fully saturated rings. The van der Waals surface area contributed by atoms with Gasteiger partial charge in [-0.25, -0.2) is 0 Å². The van der Waals surface area contributed by atoms with E-state index in [9.17, 15) is 9.59 Å².